The van der Waals surface area contributed by atoms with Crippen LogP contribution in [0.5, 0.6) is 0 Å². The van der Waals surface area contributed by atoms with Crippen LogP contribution in [0.15, 0.2) is 42.7 Å². The normalized spacial score (nSPS) is 20.8. The standard InChI is InChI=1S/C18H22N4O2/c1-22(2)18(24)12-6-7-16(20-11-12)21-17(13-9-14(23)10-13)15-5-3-4-8-19-15/h3-8,11,13-14,17,23H,9-10H2,1-2H3,(H,20,21). The van der Waals surface area contributed by atoms with Gasteiger partial charge in [0.2, 0.25) is 0 Å². The molecular formula is C18H22N4O2. The summed E-state index contributed by atoms with van der Waals surface area (Å²) in [6.07, 6.45) is 4.63. The van der Waals surface area contributed by atoms with Gasteiger partial charge in [0.05, 0.1) is 23.4 Å². The average Bonchev–Trinajstić information content (AvgIpc) is 2.58. The van der Waals surface area contributed by atoms with E-state index in [1.807, 2.05) is 24.3 Å². The first-order valence-electron chi connectivity index (χ1n) is 8.08. The Balaban J connectivity index is 1.76. The number of hydrogen-bond donors (Lipinski definition) is 2. The lowest BCUT2D eigenvalue weighted by Crippen LogP contribution is -2.36. The number of nitrogens with zero attached hydrogens (tertiary/aromatic N) is 3. The van der Waals surface area contributed by atoms with Gasteiger partial charge in [-0.15, -0.1) is 0 Å². The molecule has 2 aromatic heterocycles. The van der Waals surface area contributed by atoms with E-state index in [4.69, 9.17) is 0 Å². The maximum Gasteiger partial charge on any atom is 0.254 e. The fourth-order valence-electron chi connectivity index (χ4n) is 2.92. The second-order valence-corrected chi connectivity index (χ2v) is 6.39. The third-order valence-electron chi connectivity index (χ3n) is 4.35. The molecule has 1 fully saturated rings. The first kappa shape index (κ1) is 16.4. The van der Waals surface area contributed by atoms with E-state index in [-0.39, 0.29) is 18.1 Å². The van der Waals surface area contributed by atoms with Crippen LogP contribution in [0.25, 0.3) is 0 Å². The SMILES string of the molecule is CN(C)C(=O)c1ccc(NC(c2ccccn2)C2CC(O)C2)nc1. The third kappa shape index (κ3) is 3.54. The van der Waals surface area contributed by atoms with Crippen molar-refractivity contribution in [2.45, 2.75) is 25.0 Å². The average molecular weight is 326 g/mol. The molecule has 6 nitrogen and oxygen atoms in total. The van der Waals surface area contributed by atoms with Gasteiger partial charge in [0.15, 0.2) is 0 Å². The van der Waals surface area contributed by atoms with Gasteiger partial charge < -0.3 is 15.3 Å². The van der Waals surface area contributed by atoms with Crippen LogP contribution in [0.4, 0.5) is 5.82 Å². The fourth-order valence-corrected chi connectivity index (χ4v) is 2.92. The zero-order valence-electron chi connectivity index (χ0n) is 13.9. The molecule has 0 bridgehead atoms. The lowest BCUT2D eigenvalue weighted by Gasteiger charge is -2.38. The summed E-state index contributed by atoms with van der Waals surface area (Å²) in [5, 5.41) is 13.0. The van der Waals surface area contributed by atoms with Gasteiger partial charge in [-0.25, -0.2) is 4.98 Å². The number of carbonyl (C=O) groups excluding carboxylic acids is 1. The molecule has 0 aromatic carbocycles. The Hall–Kier alpha value is -2.47. The van der Waals surface area contributed by atoms with E-state index >= 15 is 0 Å². The number of hydrogen-bond acceptors (Lipinski definition) is 5. The molecule has 24 heavy (non-hydrogen) atoms. The van der Waals surface area contributed by atoms with Crippen LogP contribution >= 0.6 is 0 Å². The van der Waals surface area contributed by atoms with Gasteiger partial charge in [-0.2, -0.15) is 0 Å². The highest BCUT2D eigenvalue weighted by Crippen LogP contribution is 2.39. The Morgan fingerprint density at radius 1 is 1.25 bits per heavy atom. The molecule has 0 radical (unpaired) electrons. The zero-order valence-corrected chi connectivity index (χ0v) is 13.9. The van der Waals surface area contributed by atoms with Crippen molar-refractivity contribution in [2.24, 2.45) is 5.92 Å². The van der Waals surface area contributed by atoms with E-state index in [1.165, 1.54) is 4.90 Å². The second-order valence-electron chi connectivity index (χ2n) is 6.39. The molecule has 1 saturated carbocycles. The van der Waals surface area contributed by atoms with Crippen molar-refractivity contribution in [3.05, 3.63) is 54.0 Å². The zero-order chi connectivity index (χ0) is 17.1. The Kier molecular flexibility index (Phi) is 4.76. The number of nitrogens with one attached hydrogen (secondary N) is 1. The fraction of sp³-hybridized carbons (Fsp3) is 0.389. The molecule has 1 aliphatic rings. The highest BCUT2D eigenvalue weighted by atomic mass is 16.3. The summed E-state index contributed by atoms with van der Waals surface area (Å²) in [7, 11) is 3.43. The maximum absolute atomic E-state index is 11.9. The molecule has 1 unspecified atom stereocenters. The van der Waals surface area contributed by atoms with Crippen LogP contribution in [0.1, 0.15) is 34.9 Å². The number of pyridine rings is 2. The quantitative estimate of drug-likeness (QED) is 0.880. The number of carbonyl (C=O) groups is 1. The summed E-state index contributed by atoms with van der Waals surface area (Å²) >= 11 is 0. The monoisotopic (exact) mass is 326 g/mol. The van der Waals surface area contributed by atoms with Gasteiger partial charge in [-0.1, -0.05) is 6.07 Å². The maximum atomic E-state index is 11.9. The van der Waals surface area contributed by atoms with Gasteiger partial charge >= 0.3 is 0 Å². The lowest BCUT2D eigenvalue weighted by atomic mass is 9.76. The number of amides is 1. The van der Waals surface area contributed by atoms with Crippen LogP contribution in [0.3, 0.4) is 0 Å². The highest BCUT2D eigenvalue weighted by Gasteiger charge is 2.35. The summed E-state index contributed by atoms with van der Waals surface area (Å²) in [5.41, 5.74) is 1.49. The molecule has 6 heteroatoms. The van der Waals surface area contributed by atoms with Crippen molar-refractivity contribution in [3.8, 4) is 0 Å². The Morgan fingerprint density at radius 2 is 2.04 bits per heavy atom. The molecule has 1 atom stereocenters. The van der Waals surface area contributed by atoms with Crippen LogP contribution in [-0.4, -0.2) is 46.1 Å². The lowest BCUT2D eigenvalue weighted by molar-refractivity contribution is 0.0333. The molecule has 126 valence electrons. The highest BCUT2D eigenvalue weighted by molar-refractivity contribution is 5.93. The Bertz CT molecular complexity index is 682. The van der Waals surface area contributed by atoms with Crippen molar-refractivity contribution in [1.82, 2.24) is 14.9 Å². The van der Waals surface area contributed by atoms with Crippen molar-refractivity contribution in [1.29, 1.82) is 0 Å². The minimum absolute atomic E-state index is 0.00231. The first-order chi connectivity index (χ1) is 11.5. The van der Waals surface area contributed by atoms with Gasteiger partial charge in [0, 0.05) is 26.5 Å². The first-order valence-corrected chi connectivity index (χ1v) is 8.08. The van der Waals surface area contributed by atoms with Crippen LogP contribution in [0, 0.1) is 5.92 Å². The number of anilines is 1. The van der Waals surface area contributed by atoms with Crippen molar-refractivity contribution in [3.63, 3.8) is 0 Å². The van der Waals surface area contributed by atoms with Gasteiger partial charge in [0.25, 0.3) is 5.91 Å². The molecule has 2 aromatic rings. The molecule has 1 amide bonds. The predicted octanol–water partition coefficient (Wildman–Crippen LogP) is 2.10. The summed E-state index contributed by atoms with van der Waals surface area (Å²) in [5.74, 6) is 0.944. The summed E-state index contributed by atoms with van der Waals surface area (Å²) in [6, 6.07) is 9.39. The molecule has 1 aliphatic carbocycles. The largest absolute Gasteiger partial charge is 0.393 e. The van der Waals surface area contributed by atoms with E-state index in [9.17, 15) is 9.90 Å². The number of rotatable bonds is 5. The molecule has 0 aliphatic heterocycles. The Morgan fingerprint density at radius 3 is 2.58 bits per heavy atom. The number of aromatic nitrogens is 2. The molecule has 0 saturated heterocycles. The van der Waals surface area contributed by atoms with Gasteiger partial charge in [0.1, 0.15) is 5.82 Å². The topological polar surface area (TPSA) is 78.4 Å². The van der Waals surface area contributed by atoms with E-state index in [1.54, 1.807) is 32.6 Å². The molecule has 3 rings (SSSR count). The Labute approximate surface area is 141 Å². The van der Waals surface area contributed by atoms with Crippen molar-refractivity contribution in [2.75, 3.05) is 19.4 Å². The van der Waals surface area contributed by atoms with Crippen LogP contribution in [-0.2, 0) is 0 Å². The van der Waals surface area contributed by atoms with Crippen molar-refractivity contribution < 1.29 is 9.90 Å². The minimum Gasteiger partial charge on any atom is -0.393 e. The number of aliphatic hydroxyl groups is 1. The van der Waals surface area contributed by atoms with Crippen LogP contribution < -0.4 is 5.32 Å². The van der Waals surface area contributed by atoms with E-state index < -0.39 is 0 Å². The summed E-state index contributed by atoms with van der Waals surface area (Å²) in [4.78, 5) is 22.2. The van der Waals surface area contributed by atoms with E-state index in [2.05, 4.69) is 15.3 Å². The smallest absolute Gasteiger partial charge is 0.254 e. The predicted molar refractivity (Wildman–Crippen MR) is 91.6 cm³/mol. The van der Waals surface area contributed by atoms with Gasteiger partial charge in [-0.3, -0.25) is 9.78 Å². The van der Waals surface area contributed by atoms with E-state index in [0.29, 0.717) is 17.3 Å². The summed E-state index contributed by atoms with van der Waals surface area (Å²) in [6.45, 7) is 0. The third-order valence-corrected chi connectivity index (χ3v) is 4.35. The summed E-state index contributed by atoms with van der Waals surface area (Å²) < 4.78 is 0. The van der Waals surface area contributed by atoms with E-state index in [0.717, 1.165) is 18.5 Å². The molecular weight excluding hydrogens is 304 g/mol. The van der Waals surface area contributed by atoms with Crippen molar-refractivity contribution >= 4 is 11.7 Å². The minimum atomic E-state index is -0.226. The number of aliphatic hydroxyl groups excluding tert-OH is 1. The van der Waals surface area contributed by atoms with Gasteiger partial charge in [-0.05, 0) is 43.0 Å². The van der Waals surface area contributed by atoms with Crippen LogP contribution in [0.2, 0.25) is 0 Å². The molecule has 2 heterocycles. The molecule has 2 N–H and O–H groups in total. The second kappa shape index (κ2) is 6.97. The molecule has 0 spiro atoms.